The molecule has 2 N–H and O–H groups in total. The minimum absolute atomic E-state index is 0.0344. The monoisotopic (exact) mass is 260 g/mol. The van der Waals surface area contributed by atoms with Crippen molar-refractivity contribution in [3.63, 3.8) is 0 Å². The van der Waals surface area contributed by atoms with Gasteiger partial charge in [0, 0.05) is 5.41 Å². The minimum atomic E-state index is -0.717. The quantitative estimate of drug-likeness (QED) is 0.826. The van der Waals surface area contributed by atoms with Gasteiger partial charge in [-0.05, 0) is 48.6 Å². The molecule has 0 radical (unpaired) electrons. The van der Waals surface area contributed by atoms with Crippen molar-refractivity contribution in [3.05, 3.63) is 35.4 Å². The van der Waals surface area contributed by atoms with Crippen LogP contribution in [0.2, 0.25) is 0 Å². The minimum Gasteiger partial charge on any atom is -0.481 e. The van der Waals surface area contributed by atoms with Crippen LogP contribution in [0, 0.1) is 5.92 Å². The first-order chi connectivity index (χ1) is 9.14. The zero-order valence-corrected chi connectivity index (χ0v) is 11.0. The number of aliphatic carboxylic acids is 1. The fraction of sp³-hybridized carbons (Fsp3) is 0.562. The second kappa shape index (κ2) is 4.64. The first-order valence-electron chi connectivity index (χ1n) is 7.08. The van der Waals surface area contributed by atoms with Gasteiger partial charge in [-0.25, -0.2) is 0 Å². The highest BCUT2D eigenvalue weighted by Gasteiger charge is 2.44. The Bertz CT molecular complexity index is 487. The lowest BCUT2D eigenvalue weighted by atomic mass is 9.87. The van der Waals surface area contributed by atoms with Gasteiger partial charge in [0.15, 0.2) is 0 Å². The molecule has 3 heteroatoms. The van der Waals surface area contributed by atoms with Crippen molar-refractivity contribution in [2.24, 2.45) is 5.92 Å². The first kappa shape index (κ1) is 12.7. The summed E-state index contributed by atoms with van der Waals surface area (Å²) in [5.41, 5.74) is 2.29. The Labute approximate surface area is 113 Å². The third-order valence-corrected chi connectivity index (χ3v) is 4.67. The van der Waals surface area contributed by atoms with Crippen LogP contribution in [0.15, 0.2) is 24.3 Å². The van der Waals surface area contributed by atoms with E-state index in [1.807, 2.05) is 12.1 Å². The van der Waals surface area contributed by atoms with Gasteiger partial charge in [-0.1, -0.05) is 24.3 Å². The summed E-state index contributed by atoms with van der Waals surface area (Å²) in [5, 5.41) is 18.6. The maximum atomic E-state index is 11.0. The Morgan fingerprint density at radius 2 is 2.11 bits per heavy atom. The molecule has 0 saturated heterocycles. The van der Waals surface area contributed by atoms with Gasteiger partial charge in [0.05, 0.1) is 13.0 Å². The summed E-state index contributed by atoms with van der Waals surface area (Å²) < 4.78 is 0. The number of carboxylic acids is 1. The molecular formula is C16H20O3. The number of hydrogen-bond acceptors (Lipinski definition) is 2. The fourth-order valence-corrected chi connectivity index (χ4v) is 3.03. The molecule has 0 amide bonds. The zero-order chi connectivity index (χ0) is 13.5. The van der Waals surface area contributed by atoms with Gasteiger partial charge in [0.2, 0.25) is 0 Å². The van der Waals surface area contributed by atoms with E-state index in [9.17, 15) is 9.90 Å². The molecular weight excluding hydrogens is 240 g/mol. The molecule has 1 aromatic rings. The predicted octanol–water partition coefficient (Wildman–Crippen LogP) is 2.68. The Kier molecular flexibility index (Phi) is 3.09. The highest BCUT2D eigenvalue weighted by molar-refractivity contribution is 5.68. The van der Waals surface area contributed by atoms with E-state index in [2.05, 4.69) is 12.1 Å². The Morgan fingerprint density at radius 1 is 1.37 bits per heavy atom. The van der Waals surface area contributed by atoms with E-state index >= 15 is 0 Å². The number of aliphatic hydroxyl groups excluding tert-OH is 1. The van der Waals surface area contributed by atoms with Crippen molar-refractivity contribution in [3.8, 4) is 0 Å². The fourth-order valence-electron chi connectivity index (χ4n) is 3.03. The van der Waals surface area contributed by atoms with E-state index < -0.39 is 5.97 Å². The maximum absolute atomic E-state index is 11.0. The summed E-state index contributed by atoms with van der Waals surface area (Å²) in [6.45, 7) is 0.198. The van der Waals surface area contributed by atoms with Gasteiger partial charge in [0.25, 0.3) is 0 Å². The lowest BCUT2D eigenvalue weighted by Crippen LogP contribution is -2.14. The molecule has 2 aliphatic rings. The van der Waals surface area contributed by atoms with Crippen molar-refractivity contribution >= 4 is 5.97 Å². The molecule has 19 heavy (non-hydrogen) atoms. The molecule has 2 saturated carbocycles. The SMILES string of the molecule is O=C(O)CC(c1cccc(C2(CO)CC2)c1)C1CC1. The van der Waals surface area contributed by atoms with Crippen LogP contribution in [-0.4, -0.2) is 22.8 Å². The molecule has 3 rings (SSSR count). The second-order valence-corrected chi connectivity index (χ2v) is 6.11. The van der Waals surface area contributed by atoms with Gasteiger partial charge in [-0.15, -0.1) is 0 Å². The Balaban J connectivity index is 1.86. The molecule has 2 aliphatic carbocycles. The van der Waals surface area contributed by atoms with E-state index in [0.717, 1.165) is 31.2 Å². The summed E-state index contributed by atoms with van der Waals surface area (Å²) >= 11 is 0. The normalized spacial score (nSPS) is 21.9. The number of carboxylic acid groups (broad SMARTS) is 1. The number of carbonyl (C=O) groups is 1. The van der Waals surface area contributed by atoms with E-state index in [-0.39, 0.29) is 24.4 Å². The predicted molar refractivity (Wildman–Crippen MR) is 72.2 cm³/mol. The van der Waals surface area contributed by atoms with Gasteiger partial charge in [0.1, 0.15) is 0 Å². The third-order valence-electron chi connectivity index (χ3n) is 4.67. The number of rotatable bonds is 6. The molecule has 0 bridgehead atoms. The van der Waals surface area contributed by atoms with Crippen molar-refractivity contribution in [1.82, 2.24) is 0 Å². The Morgan fingerprint density at radius 3 is 2.63 bits per heavy atom. The largest absolute Gasteiger partial charge is 0.481 e. The van der Waals surface area contributed by atoms with Gasteiger partial charge < -0.3 is 10.2 Å². The van der Waals surface area contributed by atoms with Crippen molar-refractivity contribution < 1.29 is 15.0 Å². The lowest BCUT2D eigenvalue weighted by Gasteiger charge is -2.18. The van der Waals surface area contributed by atoms with E-state index in [1.54, 1.807) is 0 Å². The smallest absolute Gasteiger partial charge is 0.303 e. The van der Waals surface area contributed by atoms with E-state index in [1.165, 1.54) is 5.56 Å². The topological polar surface area (TPSA) is 57.5 Å². The molecule has 1 atom stereocenters. The molecule has 0 spiro atoms. The van der Waals surface area contributed by atoms with E-state index in [4.69, 9.17) is 5.11 Å². The molecule has 1 aromatic carbocycles. The summed E-state index contributed by atoms with van der Waals surface area (Å²) in [5.74, 6) is -0.0341. The van der Waals surface area contributed by atoms with Gasteiger partial charge >= 0.3 is 5.97 Å². The lowest BCUT2D eigenvalue weighted by molar-refractivity contribution is -0.137. The molecule has 0 aromatic heterocycles. The summed E-state index contributed by atoms with van der Waals surface area (Å²) in [6, 6.07) is 8.26. The van der Waals surface area contributed by atoms with Gasteiger partial charge in [-0.3, -0.25) is 4.79 Å². The average Bonchev–Trinajstić information content (AvgIpc) is 3.29. The van der Waals surface area contributed by atoms with Crippen LogP contribution in [0.25, 0.3) is 0 Å². The molecule has 0 aliphatic heterocycles. The third kappa shape index (κ3) is 2.52. The van der Waals surface area contributed by atoms with Crippen LogP contribution in [0.1, 0.15) is 49.1 Å². The van der Waals surface area contributed by atoms with Crippen molar-refractivity contribution in [1.29, 1.82) is 0 Å². The Hall–Kier alpha value is -1.35. The van der Waals surface area contributed by atoms with Crippen LogP contribution >= 0.6 is 0 Å². The summed E-state index contributed by atoms with van der Waals surface area (Å²) in [7, 11) is 0. The average molecular weight is 260 g/mol. The number of hydrogen-bond donors (Lipinski definition) is 2. The maximum Gasteiger partial charge on any atom is 0.303 e. The van der Waals surface area contributed by atoms with Gasteiger partial charge in [-0.2, -0.15) is 0 Å². The molecule has 2 fully saturated rings. The molecule has 0 heterocycles. The summed E-state index contributed by atoms with van der Waals surface area (Å²) in [6.07, 6.45) is 4.60. The standard InChI is InChI=1S/C16H20O3/c17-10-16(6-7-16)13-3-1-2-12(8-13)14(9-15(18)19)11-4-5-11/h1-3,8,11,14,17H,4-7,9-10H2,(H,18,19). The van der Waals surface area contributed by atoms with Crippen LogP contribution in [0.3, 0.4) is 0 Å². The van der Waals surface area contributed by atoms with Crippen LogP contribution in [0.4, 0.5) is 0 Å². The van der Waals surface area contributed by atoms with E-state index in [0.29, 0.717) is 5.92 Å². The summed E-state index contributed by atoms with van der Waals surface area (Å²) in [4.78, 5) is 11.0. The highest BCUT2D eigenvalue weighted by Crippen LogP contribution is 2.49. The zero-order valence-electron chi connectivity index (χ0n) is 11.0. The second-order valence-electron chi connectivity index (χ2n) is 6.11. The van der Waals surface area contributed by atoms with Crippen molar-refractivity contribution in [2.45, 2.75) is 43.4 Å². The molecule has 3 nitrogen and oxygen atoms in total. The number of benzene rings is 1. The first-order valence-corrected chi connectivity index (χ1v) is 7.08. The van der Waals surface area contributed by atoms with Crippen LogP contribution in [-0.2, 0) is 10.2 Å². The van der Waals surface area contributed by atoms with Crippen LogP contribution < -0.4 is 0 Å². The molecule has 102 valence electrons. The van der Waals surface area contributed by atoms with Crippen LogP contribution in [0.5, 0.6) is 0 Å². The highest BCUT2D eigenvalue weighted by atomic mass is 16.4. The molecule has 1 unspecified atom stereocenters. The van der Waals surface area contributed by atoms with Crippen molar-refractivity contribution in [2.75, 3.05) is 6.61 Å². The number of aliphatic hydroxyl groups is 1.